The summed E-state index contributed by atoms with van der Waals surface area (Å²) in [5, 5.41) is 3.20. The SMILES string of the molecule is CN=C(NCCS(=O)(=O)c1ccccc1)N1CCC2(CCOC2)C1.I. The first-order chi connectivity index (χ1) is 11.5. The van der Waals surface area contributed by atoms with Crippen molar-refractivity contribution in [1.82, 2.24) is 10.2 Å². The van der Waals surface area contributed by atoms with Crippen LogP contribution in [-0.2, 0) is 14.6 Å². The lowest BCUT2D eigenvalue weighted by atomic mass is 9.87. The van der Waals surface area contributed by atoms with Crippen LogP contribution < -0.4 is 5.32 Å². The Morgan fingerprint density at radius 1 is 1.32 bits per heavy atom. The minimum absolute atomic E-state index is 0. The first-order valence-corrected chi connectivity index (χ1v) is 10.0. The number of rotatable bonds is 4. The lowest BCUT2D eigenvalue weighted by molar-refractivity contribution is 0.156. The number of halogens is 1. The van der Waals surface area contributed by atoms with Gasteiger partial charge in [0.15, 0.2) is 15.8 Å². The third-order valence-corrected chi connectivity index (χ3v) is 6.62. The van der Waals surface area contributed by atoms with Crippen LogP contribution in [0.1, 0.15) is 12.8 Å². The van der Waals surface area contributed by atoms with E-state index < -0.39 is 9.84 Å². The molecular formula is C17H26IN3O3S. The number of benzene rings is 1. The molecule has 1 spiro atoms. The number of hydrogen-bond donors (Lipinski definition) is 1. The van der Waals surface area contributed by atoms with Gasteiger partial charge in [-0.15, -0.1) is 24.0 Å². The molecule has 2 aliphatic heterocycles. The first-order valence-electron chi connectivity index (χ1n) is 8.36. The summed E-state index contributed by atoms with van der Waals surface area (Å²) in [5.41, 5.74) is 0.258. The Hall–Kier alpha value is -0.870. The highest BCUT2D eigenvalue weighted by Gasteiger charge is 2.42. The van der Waals surface area contributed by atoms with Gasteiger partial charge in [0.25, 0.3) is 0 Å². The molecular weight excluding hydrogens is 453 g/mol. The number of likely N-dealkylation sites (tertiary alicyclic amines) is 1. The smallest absolute Gasteiger partial charge is 0.193 e. The third kappa shape index (κ3) is 4.85. The largest absolute Gasteiger partial charge is 0.381 e. The maximum absolute atomic E-state index is 12.3. The Bertz CT molecular complexity index is 688. The molecule has 2 aliphatic rings. The summed E-state index contributed by atoms with van der Waals surface area (Å²) in [7, 11) is -1.53. The highest BCUT2D eigenvalue weighted by Crippen LogP contribution is 2.38. The zero-order valence-corrected chi connectivity index (χ0v) is 17.6. The maximum atomic E-state index is 12.3. The van der Waals surface area contributed by atoms with Gasteiger partial charge < -0.3 is 15.0 Å². The number of aliphatic imine (C=N–C) groups is 1. The van der Waals surface area contributed by atoms with Crippen LogP contribution in [0.25, 0.3) is 0 Å². The summed E-state index contributed by atoms with van der Waals surface area (Å²) < 4.78 is 30.2. The maximum Gasteiger partial charge on any atom is 0.193 e. The van der Waals surface area contributed by atoms with Crippen molar-refractivity contribution in [3.63, 3.8) is 0 Å². The van der Waals surface area contributed by atoms with Gasteiger partial charge in [0, 0.05) is 38.7 Å². The van der Waals surface area contributed by atoms with Gasteiger partial charge in [-0.25, -0.2) is 8.42 Å². The normalized spacial score (nSPS) is 23.7. The molecule has 1 aromatic carbocycles. The van der Waals surface area contributed by atoms with Gasteiger partial charge in [0.05, 0.1) is 17.3 Å². The molecule has 0 bridgehead atoms. The fourth-order valence-corrected chi connectivity index (χ4v) is 4.64. The number of nitrogens with zero attached hydrogens (tertiary/aromatic N) is 2. The summed E-state index contributed by atoms with van der Waals surface area (Å²) in [6.45, 7) is 3.88. The second-order valence-electron chi connectivity index (χ2n) is 6.58. The monoisotopic (exact) mass is 479 g/mol. The fraction of sp³-hybridized carbons (Fsp3) is 0.588. The molecule has 8 heteroatoms. The Morgan fingerprint density at radius 2 is 2.08 bits per heavy atom. The molecule has 0 aromatic heterocycles. The van der Waals surface area contributed by atoms with Gasteiger partial charge in [0.1, 0.15) is 0 Å². The van der Waals surface area contributed by atoms with Crippen molar-refractivity contribution in [2.45, 2.75) is 17.7 Å². The van der Waals surface area contributed by atoms with Crippen LogP contribution in [0.4, 0.5) is 0 Å². The average molecular weight is 479 g/mol. The number of ether oxygens (including phenoxy) is 1. The number of hydrogen-bond acceptors (Lipinski definition) is 4. The molecule has 2 fully saturated rings. The second kappa shape index (κ2) is 8.68. The van der Waals surface area contributed by atoms with E-state index in [0.29, 0.717) is 11.4 Å². The van der Waals surface area contributed by atoms with E-state index >= 15 is 0 Å². The Balaban J connectivity index is 0.00000225. The van der Waals surface area contributed by atoms with Crippen LogP contribution in [0.2, 0.25) is 0 Å². The third-order valence-electron chi connectivity index (χ3n) is 4.89. The van der Waals surface area contributed by atoms with Crippen LogP contribution in [0, 0.1) is 5.41 Å². The highest BCUT2D eigenvalue weighted by atomic mass is 127. The van der Waals surface area contributed by atoms with Crippen molar-refractivity contribution in [3.8, 4) is 0 Å². The molecule has 0 radical (unpaired) electrons. The first kappa shape index (κ1) is 20.4. The topological polar surface area (TPSA) is 71.0 Å². The van der Waals surface area contributed by atoms with Crippen LogP contribution in [0.5, 0.6) is 0 Å². The second-order valence-corrected chi connectivity index (χ2v) is 8.69. The Labute approximate surface area is 167 Å². The van der Waals surface area contributed by atoms with E-state index in [2.05, 4.69) is 15.2 Å². The van der Waals surface area contributed by atoms with Gasteiger partial charge in [-0.3, -0.25) is 4.99 Å². The van der Waals surface area contributed by atoms with Gasteiger partial charge in [-0.1, -0.05) is 18.2 Å². The molecule has 25 heavy (non-hydrogen) atoms. The van der Waals surface area contributed by atoms with E-state index in [4.69, 9.17) is 4.74 Å². The van der Waals surface area contributed by atoms with E-state index in [0.717, 1.165) is 45.1 Å². The molecule has 0 amide bonds. The number of nitrogens with one attached hydrogen (secondary N) is 1. The predicted octanol–water partition coefficient (Wildman–Crippen LogP) is 1.77. The van der Waals surface area contributed by atoms with Crippen LogP contribution in [-0.4, -0.2) is 64.9 Å². The molecule has 0 aliphatic carbocycles. The molecule has 3 rings (SSSR count). The lowest BCUT2D eigenvalue weighted by Crippen LogP contribution is -2.43. The van der Waals surface area contributed by atoms with E-state index in [1.165, 1.54) is 0 Å². The van der Waals surface area contributed by atoms with Crippen molar-refractivity contribution >= 4 is 39.8 Å². The summed E-state index contributed by atoms with van der Waals surface area (Å²) in [6, 6.07) is 8.57. The summed E-state index contributed by atoms with van der Waals surface area (Å²) in [6.07, 6.45) is 2.21. The van der Waals surface area contributed by atoms with E-state index in [1.807, 2.05) is 6.07 Å². The quantitative estimate of drug-likeness (QED) is 0.405. The highest BCUT2D eigenvalue weighted by molar-refractivity contribution is 14.0. The fourth-order valence-electron chi connectivity index (χ4n) is 3.46. The van der Waals surface area contributed by atoms with Crippen molar-refractivity contribution in [2.24, 2.45) is 10.4 Å². The number of guanidine groups is 1. The molecule has 1 unspecified atom stereocenters. The Kier molecular flexibility index (Phi) is 7.10. The molecule has 140 valence electrons. The molecule has 0 saturated carbocycles. The summed E-state index contributed by atoms with van der Waals surface area (Å²) >= 11 is 0. The van der Waals surface area contributed by atoms with Crippen molar-refractivity contribution in [2.75, 3.05) is 45.6 Å². The zero-order chi connectivity index (χ0) is 17.0. The summed E-state index contributed by atoms with van der Waals surface area (Å²) in [4.78, 5) is 6.89. The van der Waals surface area contributed by atoms with E-state index in [-0.39, 0.29) is 35.1 Å². The van der Waals surface area contributed by atoms with Crippen molar-refractivity contribution in [3.05, 3.63) is 30.3 Å². The molecule has 2 heterocycles. The van der Waals surface area contributed by atoms with E-state index in [1.54, 1.807) is 31.3 Å². The number of sulfone groups is 1. The van der Waals surface area contributed by atoms with Gasteiger partial charge >= 0.3 is 0 Å². The zero-order valence-electron chi connectivity index (χ0n) is 14.5. The van der Waals surface area contributed by atoms with Crippen LogP contribution in [0.15, 0.2) is 40.2 Å². The molecule has 1 atom stereocenters. The average Bonchev–Trinajstić information content (AvgIpc) is 3.23. The minimum atomic E-state index is -3.27. The minimum Gasteiger partial charge on any atom is -0.381 e. The van der Waals surface area contributed by atoms with Crippen molar-refractivity contribution in [1.29, 1.82) is 0 Å². The van der Waals surface area contributed by atoms with Gasteiger partial charge in [-0.05, 0) is 25.0 Å². The van der Waals surface area contributed by atoms with Crippen LogP contribution >= 0.6 is 24.0 Å². The van der Waals surface area contributed by atoms with E-state index in [9.17, 15) is 8.42 Å². The predicted molar refractivity (Wildman–Crippen MR) is 109 cm³/mol. The molecule has 2 saturated heterocycles. The Morgan fingerprint density at radius 3 is 2.72 bits per heavy atom. The molecule has 1 aromatic rings. The van der Waals surface area contributed by atoms with Crippen LogP contribution in [0.3, 0.4) is 0 Å². The molecule has 1 N–H and O–H groups in total. The summed E-state index contributed by atoms with van der Waals surface area (Å²) in [5.74, 6) is 0.833. The molecule has 6 nitrogen and oxygen atoms in total. The standard InChI is InChI=1S/C17H25N3O3S.HI/c1-18-16(20-10-7-17(13-20)8-11-23-14-17)19-9-12-24(21,22)15-5-3-2-4-6-15;/h2-6H,7-14H2,1H3,(H,18,19);1H. The van der Waals surface area contributed by atoms with Gasteiger partial charge in [-0.2, -0.15) is 0 Å². The van der Waals surface area contributed by atoms with Crippen molar-refractivity contribution < 1.29 is 13.2 Å². The van der Waals surface area contributed by atoms with Gasteiger partial charge in [0.2, 0.25) is 0 Å². The lowest BCUT2D eigenvalue weighted by Gasteiger charge is -2.24.